The average molecular weight is 296 g/mol. The molecule has 1 amide bonds. The van der Waals surface area contributed by atoms with Gasteiger partial charge in [-0.25, -0.2) is 0 Å². The molecule has 5 heteroatoms. The van der Waals surface area contributed by atoms with Crippen LogP contribution in [-0.2, 0) is 11.3 Å². The number of nitrogens with one attached hydrogen (secondary N) is 1. The molecule has 2 aromatic rings. The Balaban J connectivity index is 0.00000200. The number of amides is 1. The van der Waals surface area contributed by atoms with Crippen molar-refractivity contribution in [3.63, 3.8) is 0 Å². The highest BCUT2D eigenvalue weighted by atomic mass is 35.5. The minimum Gasteiger partial charge on any atom is -0.347 e. The first-order valence-corrected chi connectivity index (χ1v) is 6.62. The number of fused-ring (bicyclic) bond motifs is 1. The van der Waals surface area contributed by atoms with Gasteiger partial charge in [-0.2, -0.15) is 0 Å². The van der Waals surface area contributed by atoms with Gasteiger partial charge in [0.2, 0.25) is 5.91 Å². The van der Waals surface area contributed by atoms with Gasteiger partial charge >= 0.3 is 0 Å². The summed E-state index contributed by atoms with van der Waals surface area (Å²) < 4.78 is 2.23. The number of nitrogens with zero attached hydrogens (tertiary/aromatic N) is 1. The van der Waals surface area contributed by atoms with Crippen molar-refractivity contribution in [1.29, 1.82) is 0 Å². The minimum atomic E-state index is -0.499. The summed E-state index contributed by atoms with van der Waals surface area (Å²) in [6.45, 7) is 7.06. The maximum Gasteiger partial charge on any atom is 0.240 e. The molecule has 1 atom stereocenters. The van der Waals surface area contributed by atoms with Crippen LogP contribution in [0.3, 0.4) is 0 Å². The third kappa shape index (κ3) is 3.74. The van der Waals surface area contributed by atoms with E-state index < -0.39 is 6.04 Å². The van der Waals surface area contributed by atoms with Crippen LogP contribution < -0.4 is 11.1 Å². The van der Waals surface area contributed by atoms with Gasteiger partial charge in [-0.3, -0.25) is 4.79 Å². The molecule has 20 heavy (non-hydrogen) atoms. The molecular formula is C15H22ClN3O. The number of anilines is 1. The van der Waals surface area contributed by atoms with Crippen molar-refractivity contribution in [1.82, 2.24) is 4.57 Å². The van der Waals surface area contributed by atoms with E-state index in [0.717, 1.165) is 17.6 Å². The fourth-order valence-electron chi connectivity index (χ4n) is 2.09. The zero-order valence-corrected chi connectivity index (χ0v) is 12.9. The van der Waals surface area contributed by atoms with E-state index in [2.05, 4.69) is 36.0 Å². The largest absolute Gasteiger partial charge is 0.347 e. The third-order valence-electron chi connectivity index (χ3n) is 3.01. The summed E-state index contributed by atoms with van der Waals surface area (Å²) in [5.74, 6) is 0.439. The molecule has 1 aromatic heterocycles. The highest BCUT2D eigenvalue weighted by Crippen LogP contribution is 2.21. The highest BCUT2D eigenvalue weighted by Gasteiger charge is 2.09. The maximum absolute atomic E-state index is 11.6. The molecule has 0 saturated carbocycles. The molecule has 0 fully saturated rings. The van der Waals surface area contributed by atoms with Crippen molar-refractivity contribution in [2.24, 2.45) is 11.7 Å². The molecule has 0 aliphatic rings. The van der Waals surface area contributed by atoms with Crippen molar-refractivity contribution >= 4 is 34.9 Å². The molecule has 1 heterocycles. The van der Waals surface area contributed by atoms with Crippen LogP contribution in [0.15, 0.2) is 30.5 Å². The average Bonchev–Trinajstić information content (AvgIpc) is 2.71. The van der Waals surface area contributed by atoms with Gasteiger partial charge in [0.05, 0.1) is 6.04 Å². The number of hydrogen-bond acceptors (Lipinski definition) is 2. The van der Waals surface area contributed by atoms with E-state index in [-0.39, 0.29) is 18.3 Å². The standard InChI is InChI=1S/C15H21N3O.ClH/c1-10(2)9-18-7-6-12-8-13(4-5-14(12)18)17-15(19)11(3)16;/h4-8,10-11H,9,16H2,1-3H3,(H,17,19);1H. The van der Waals surface area contributed by atoms with E-state index >= 15 is 0 Å². The van der Waals surface area contributed by atoms with Crippen LogP contribution in [0.1, 0.15) is 20.8 Å². The summed E-state index contributed by atoms with van der Waals surface area (Å²) in [7, 11) is 0. The van der Waals surface area contributed by atoms with Crippen LogP contribution in [0.4, 0.5) is 5.69 Å². The summed E-state index contributed by atoms with van der Waals surface area (Å²) in [5.41, 5.74) is 7.52. The van der Waals surface area contributed by atoms with Crippen LogP contribution in [0.2, 0.25) is 0 Å². The number of carbonyl (C=O) groups excluding carboxylic acids is 1. The first kappa shape index (κ1) is 16.5. The first-order valence-electron chi connectivity index (χ1n) is 6.62. The second kappa shape index (κ2) is 6.77. The van der Waals surface area contributed by atoms with Crippen LogP contribution >= 0.6 is 12.4 Å². The molecule has 1 unspecified atom stereocenters. The summed E-state index contributed by atoms with van der Waals surface area (Å²) in [5, 5.41) is 3.94. The van der Waals surface area contributed by atoms with Crippen molar-refractivity contribution in [2.45, 2.75) is 33.4 Å². The quantitative estimate of drug-likeness (QED) is 0.911. The SMILES string of the molecule is CC(C)Cn1ccc2cc(NC(=O)C(C)N)ccc21.Cl. The molecule has 2 rings (SSSR count). The van der Waals surface area contributed by atoms with Gasteiger partial charge < -0.3 is 15.6 Å². The first-order chi connectivity index (χ1) is 8.97. The Morgan fingerprint density at radius 1 is 1.30 bits per heavy atom. The fraction of sp³-hybridized carbons (Fsp3) is 0.400. The lowest BCUT2D eigenvalue weighted by molar-refractivity contribution is -0.117. The van der Waals surface area contributed by atoms with Gasteiger partial charge in [0.15, 0.2) is 0 Å². The van der Waals surface area contributed by atoms with Gasteiger partial charge in [0, 0.05) is 29.3 Å². The van der Waals surface area contributed by atoms with E-state index in [1.54, 1.807) is 6.92 Å². The van der Waals surface area contributed by atoms with Crippen LogP contribution in [0.5, 0.6) is 0 Å². The second-order valence-electron chi connectivity index (χ2n) is 5.41. The molecule has 3 N–H and O–H groups in total. The summed E-state index contributed by atoms with van der Waals surface area (Å²) in [4.78, 5) is 11.6. The Kier molecular flexibility index (Phi) is 5.60. The van der Waals surface area contributed by atoms with Crippen LogP contribution in [-0.4, -0.2) is 16.5 Å². The fourth-order valence-corrected chi connectivity index (χ4v) is 2.09. The van der Waals surface area contributed by atoms with Gasteiger partial charge in [-0.05, 0) is 37.1 Å². The number of aromatic nitrogens is 1. The van der Waals surface area contributed by atoms with Gasteiger partial charge in [-0.15, -0.1) is 12.4 Å². The number of nitrogens with two attached hydrogens (primary N) is 1. The van der Waals surface area contributed by atoms with E-state index in [0.29, 0.717) is 5.92 Å². The smallest absolute Gasteiger partial charge is 0.240 e. The minimum absolute atomic E-state index is 0. The van der Waals surface area contributed by atoms with Crippen LogP contribution in [0.25, 0.3) is 10.9 Å². The Morgan fingerprint density at radius 3 is 2.60 bits per heavy atom. The third-order valence-corrected chi connectivity index (χ3v) is 3.01. The number of benzene rings is 1. The normalized spacial score (nSPS) is 12.2. The maximum atomic E-state index is 11.6. The topological polar surface area (TPSA) is 60.0 Å². The monoisotopic (exact) mass is 295 g/mol. The van der Waals surface area contributed by atoms with Gasteiger partial charge in [0.1, 0.15) is 0 Å². The molecule has 0 spiro atoms. The highest BCUT2D eigenvalue weighted by molar-refractivity contribution is 5.96. The van der Waals surface area contributed by atoms with Crippen molar-refractivity contribution < 1.29 is 4.79 Å². The predicted octanol–water partition coefficient (Wildman–Crippen LogP) is 3.00. The Bertz CT molecular complexity index is 590. The Morgan fingerprint density at radius 2 is 2.00 bits per heavy atom. The lowest BCUT2D eigenvalue weighted by Crippen LogP contribution is -2.32. The molecular weight excluding hydrogens is 274 g/mol. The Labute approximate surface area is 125 Å². The summed E-state index contributed by atoms with van der Waals surface area (Å²) in [6, 6.07) is 7.50. The van der Waals surface area contributed by atoms with Crippen molar-refractivity contribution in [3.8, 4) is 0 Å². The number of halogens is 1. The Hall–Kier alpha value is -1.52. The predicted molar refractivity (Wildman–Crippen MR) is 86.3 cm³/mol. The molecule has 110 valence electrons. The molecule has 0 bridgehead atoms. The van der Waals surface area contributed by atoms with Gasteiger partial charge in [0.25, 0.3) is 0 Å². The number of carbonyl (C=O) groups is 1. The lowest BCUT2D eigenvalue weighted by Gasteiger charge is -2.10. The van der Waals surface area contributed by atoms with Crippen LogP contribution in [0, 0.1) is 5.92 Å². The van der Waals surface area contributed by atoms with Crippen molar-refractivity contribution in [3.05, 3.63) is 30.5 Å². The molecule has 4 nitrogen and oxygen atoms in total. The summed E-state index contributed by atoms with van der Waals surface area (Å²) >= 11 is 0. The van der Waals surface area contributed by atoms with E-state index in [1.165, 1.54) is 5.52 Å². The van der Waals surface area contributed by atoms with Gasteiger partial charge in [-0.1, -0.05) is 13.8 Å². The van der Waals surface area contributed by atoms with E-state index in [4.69, 9.17) is 5.73 Å². The molecule has 0 radical (unpaired) electrons. The lowest BCUT2D eigenvalue weighted by atomic mass is 10.2. The number of hydrogen-bond donors (Lipinski definition) is 2. The summed E-state index contributed by atoms with van der Waals surface area (Å²) in [6.07, 6.45) is 2.09. The molecule has 0 aliphatic heterocycles. The van der Waals surface area contributed by atoms with E-state index in [9.17, 15) is 4.79 Å². The second-order valence-corrected chi connectivity index (χ2v) is 5.41. The molecule has 1 aromatic carbocycles. The number of rotatable bonds is 4. The molecule has 0 saturated heterocycles. The zero-order chi connectivity index (χ0) is 14.0. The zero-order valence-electron chi connectivity index (χ0n) is 12.1. The molecule has 0 aliphatic carbocycles. The van der Waals surface area contributed by atoms with E-state index in [1.807, 2.05) is 18.2 Å². The van der Waals surface area contributed by atoms with Crippen molar-refractivity contribution in [2.75, 3.05) is 5.32 Å².